The number of nitrogens with zero attached hydrogens (tertiary/aromatic N) is 2. The van der Waals surface area contributed by atoms with Gasteiger partial charge in [0.05, 0.1) is 47.2 Å². The minimum absolute atomic E-state index is 0.0665. The number of hydrogen-bond acceptors (Lipinski definition) is 9. The minimum atomic E-state index is -0.796. The third-order valence-corrected chi connectivity index (χ3v) is 7.38. The number of halogens is 1. The van der Waals surface area contributed by atoms with Gasteiger partial charge < -0.3 is 23.7 Å². The molecule has 0 aliphatic carbocycles. The number of carbonyl (C=O) groups excluding carboxylic acids is 1. The maximum atomic E-state index is 13.8. The number of hydrogen-bond donors (Lipinski definition) is 0. The van der Waals surface area contributed by atoms with E-state index in [1.165, 1.54) is 30.1 Å². The lowest BCUT2D eigenvalue weighted by Crippen LogP contribution is -2.39. The highest BCUT2D eigenvalue weighted by molar-refractivity contribution is 7.07. The number of thiazole rings is 1. The smallest absolute Gasteiger partial charge is 0.338 e. The zero-order valence-corrected chi connectivity index (χ0v) is 22.9. The van der Waals surface area contributed by atoms with Gasteiger partial charge in [-0.3, -0.25) is 9.36 Å². The van der Waals surface area contributed by atoms with Crippen LogP contribution in [-0.2, 0) is 9.53 Å². The van der Waals surface area contributed by atoms with Gasteiger partial charge in [-0.15, -0.1) is 0 Å². The Labute approximate surface area is 227 Å². The fourth-order valence-corrected chi connectivity index (χ4v) is 5.64. The van der Waals surface area contributed by atoms with E-state index in [9.17, 15) is 9.59 Å². The molecule has 2 aromatic carbocycles. The lowest BCUT2D eigenvalue weighted by molar-refractivity contribution is -0.136. The average Bonchev–Trinajstić information content (AvgIpc) is 3.46. The molecule has 0 radical (unpaired) electrons. The van der Waals surface area contributed by atoms with Gasteiger partial charge in [0.2, 0.25) is 6.79 Å². The Bertz CT molecular complexity index is 1650. The molecule has 0 saturated heterocycles. The maximum absolute atomic E-state index is 13.8. The molecule has 9 nitrogen and oxygen atoms in total. The monoisotopic (exact) mass is 556 g/mol. The molecule has 0 N–H and O–H groups in total. The van der Waals surface area contributed by atoms with E-state index in [0.29, 0.717) is 54.2 Å². The number of esters is 1. The number of aromatic nitrogens is 1. The molecule has 0 fully saturated rings. The Morgan fingerprint density at radius 2 is 1.92 bits per heavy atom. The Hall–Kier alpha value is -3.76. The van der Waals surface area contributed by atoms with Crippen molar-refractivity contribution in [3.8, 4) is 23.0 Å². The molecule has 0 spiro atoms. The normalized spacial score (nSPS) is 16.4. The van der Waals surface area contributed by atoms with Gasteiger partial charge in [-0.25, -0.2) is 9.79 Å². The third-order valence-electron chi connectivity index (χ3n) is 6.07. The summed E-state index contributed by atoms with van der Waals surface area (Å²) < 4.78 is 29.2. The van der Waals surface area contributed by atoms with Crippen LogP contribution in [0.5, 0.6) is 23.0 Å². The van der Waals surface area contributed by atoms with Crippen molar-refractivity contribution in [1.29, 1.82) is 0 Å². The van der Waals surface area contributed by atoms with Crippen LogP contribution in [-0.4, -0.2) is 37.7 Å². The summed E-state index contributed by atoms with van der Waals surface area (Å²) in [6.07, 6.45) is 1.62. The maximum Gasteiger partial charge on any atom is 0.338 e. The molecule has 2 aliphatic heterocycles. The molecule has 3 aromatic rings. The van der Waals surface area contributed by atoms with Crippen molar-refractivity contribution in [3.05, 3.63) is 77.4 Å². The lowest BCUT2D eigenvalue weighted by atomic mass is 9.95. The summed E-state index contributed by atoms with van der Waals surface area (Å²) in [6.45, 7) is 5.66. The largest absolute Gasteiger partial charge is 0.493 e. The van der Waals surface area contributed by atoms with Gasteiger partial charge in [0.1, 0.15) is 0 Å². The Balaban J connectivity index is 1.70. The molecule has 1 atom stereocenters. The molecule has 11 heteroatoms. The zero-order valence-electron chi connectivity index (χ0n) is 21.4. The molecular formula is C27H25ClN2O7S. The molecule has 0 amide bonds. The zero-order chi connectivity index (χ0) is 27.1. The van der Waals surface area contributed by atoms with E-state index in [1.54, 1.807) is 43.3 Å². The molecule has 1 aromatic heterocycles. The SMILES string of the molecule is COC(=O)C1=C(C)N=c2s/c(=C/c3cc4c(cc3Cl)OCO4)c(=O)n2[C@@H]1c1ccc(OC(C)C)c(OC)c1. The standard InChI is InChI=1S/C27H25ClN2O7S/c1-13(2)37-18-7-6-15(8-19(18)33-4)24-23(26(32)34-5)14(3)29-27-30(24)25(31)22(38-27)10-16-9-20-21(11-17(16)28)36-12-35-20/h6-11,13,24H,12H2,1-5H3/b22-10+/t24-/m1/s1. The van der Waals surface area contributed by atoms with Crippen molar-refractivity contribution in [3.63, 3.8) is 0 Å². The second-order valence-corrected chi connectivity index (χ2v) is 10.3. The summed E-state index contributed by atoms with van der Waals surface area (Å²) in [7, 11) is 2.84. The van der Waals surface area contributed by atoms with Gasteiger partial charge in [-0.2, -0.15) is 0 Å². The molecule has 2 aliphatic rings. The highest BCUT2D eigenvalue weighted by atomic mass is 35.5. The second kappa shape index (κ2) is 10.2. The minimum Gasteiger partial charge on any atom is -0.493 e. The number of methoxy groups -OCH3 is 2. The third kappa shape index (κ3) is 4.54. The number of fused-ring (bicyclic) bond motifs is 2. The highest BCUT2D eigenvalue weighted by Crippen LogP contribution is 2.38. The fourth-order valence-electron chi connectivity index (χ4n) is 4.40. The predicted octanol–water partition coefficient (Wildman–Crippen LogP) is 3.59. The van der Waals surface area contributed by atoms with Gasteiger partial charge in [-0.1, -0.05) is 29.0 Å². The van der Waals surface area contributed by atoms with Crippen LogP contribution in [0, 0.1) is 0 Å². The van der Waals surface area contributed by atoms with Crippen molar-refractivity contribution in [2.45, 2.75) is 32.9 Å². The summed E-state index contributed by atoms with van der Waals surface area (Å²) in [6, 6.07) is 7.91. The fraction of sp³-hybridized carbons (Fsp3) is 0.296. The van der Waals surface area contributed by atoms with E-state index in [2.05, 4.69) is 4.99 Å². The Morgan fingerprint density at radius 1 is 1.18 bits per heavy atom. The van der Waals surface area contributed by atoms with E-state index in [4.69, 9.17) is 35.3 Å². The van der Waals surface area contributed by atoms with Crippen molar-refractivity contribution in [1.82, 2.24) is 4.57 Å². The van der Waals surface area contributed by atoms with Gasteiger partial charge in [0, 0.05) is 6.07 Å². The van der Waals surface area contributed by atoms with Crippen LogP contribution in [0.3, 0.4) is 0 Å². The Kier molecular flexibility index (Phi) is 6.93. The van der Waals surface area contributed by atoms with Gasteiger partial charge in [-0.05, 0) is 56.2 Å². The molecule has 0 saturated carbocycles. The summed E-state index contributed by atoms with van der Waals surface area (Å²) in [4.78, 5) is 31.8. The van der Waals surface area contributed by atoms with E-state index >= 15 is 0 Å². The number of rotatable bonds is 6. The van der Waals surface area contributed by atoms with Crippen molar-refractivity contribution in [2.24, 2.45) is 4.99 Å². The van der Waals surface area contributed by atoms with Crippen LogP contribution in [0.1, 0.15) is 37.9 Å². The van der Waals surface area contributed by atoms with E-state index in [-0.39, 0.29) is 24.0 Å². The van der Waals surface area contributed by atoms with Crippen LogP contribution in [0.25, 0.3) is 6.08 Å². The number of benzene rings is 2. The molecule has 5 rings (SSSR count). The van der Waals surface area contributed by atoms with Crippen molar-refractivity contribution < 1.29 is 28.5 Å². The number of ether oxygens (including phenoxy) is 5. The van der Waals surface area contributed by atoms with Gasteiger partial charge in [0.15, 0.2) is 27.8 Å². The highest BCUT2D eigenvalue weighted by Gasteiger charge is 2.33. The van der Waals surface area contributed by atoms with Crippen LogP contribution in [0.15, 0.2) is 51.4 Å². The van der Waals surface area contributed by atoms with Gasteiger partial charge >= 0.3 is 5.97 Å². The second-order valence-electron chi connectivity index (χ2n) is 8.88. The lowest BCUT2D eigenvalue weighted by Gasteiger charge is -2.25. The molecule has 198 valence electrons. The van der Waals surface area contributed by atoms with Crippen molar-refractivity contribution in [2.75, 3.05) is 21.0 Å². The molecular weight excluding hydrogens is 532 g/mol. The van der Waals surface area contributed by atoms with E-state index in [0.717, 1.165) is 0 Å². The quantitative estimate of drug-likeness (QED) is 0.428. The topological polar surface area (TPSA) is 97.6 Å². The summed E-state index contributed by atoms with van der Waals surface area (Å²) >= 11 is 7.66. The predicted molar refractivity (Wildman–Crippen MR) is 142 cm³/mol. The van der Waals surface area contributed by atoms with Crippen LogP contribution >= 0.6 is 22.9 Å². The average molecular weight is 557 g/mol. The molecule has 38 heavy (non-hydrogen) atoms. The first-order valence-corrected chi connectivity index (χ1v) is 13.0. The Morgan fingerprint density at radius 3 is 2.61 bits per heavy atom. The van der Waals surface area contributed by atoms with Crippen LogP contribution < -0.4 is 33.8 Å². The van der Waals surface area contributed by atoms with Crippen molar-refractivity contribution >= 4 is 35.0 Å². The summed E-state index contributed by atoms with van der Waals surface area (Å²) in [5.74, 6) is 1.54. The molecule has 0 unspecified atom stereocenters. The molecule has 0 bridgehead atoms. The molecule has 3 heterocycles. The van der Waals surface area contributed by atoms with Gasteiger partial charge in [0.25, 0.3) is 5.56 Å². The summed E-state index contributed by atoms with van der Waals surface area (Å²) in [5.41, 5.74) is 1.62. The first-order valence-electron chi connectivity index (χ1n) is 11.8. The van der Waals surface area contributed by atoms with Crippen LogP contribution in [0.4, 0.5) is 0 Å². The summed E-state index contributed by atoms with van der Waals surface area (Å²) in [5, 5.41) is 0.411. The first-order chi connectivity index (χ1) is 18.2. The van der Waals surface area contributed by atoms with E-state index in [1.807, 2.05) is 13.8 Å². The number of carbonyl (C=O) groups is 1. The number of allylic oxidation sites excluding steroid dienone is 1. The van der Waals surface area contributed by atoms with E-state index < -0.39 is 12.0 Å². The first kappa shape index (κ1) is 25.9. The van der Waals surface area contributed by atoms with Crippen LogP contribution in [0.2, 0.25) is 5.02 Å².